The third-order valence-electron chi connectivity index (χ3n) is 2.79. The van der Waals surface area contributed by atoms with Crippen LogP contribution in [0.5, 0.6) is 0 Å². The van der Waals surface area contributed by atoms with Crippen molar-refractivity contribution < 1.29 is 0 Å². The van der Waals surface area contributed by atoms with Gasteiger partial charge in [0.2, 0.25) is 0 Å². The van der Waals surface area contributed by atoms with E-state index >= 15 is 0 Å². The van der Waals surface area contributed by atoms with Crippen LogP contribution in [0.4, 0.5) is 5.69 Å². The van der Waals surface area contributed by atoms with Gasteiger partial charge < -0.3 is 5.32 Å². The lowest BCUT2D eigenvalue weighted by Gasteiger charge is -2.08. The van der Waals surface area contributed by atoms with Gasteiger partial charge in [0.05, 0.1) is 0 Å². The number of hydrogen-bond acceptors (Lipinski definition) is 1. The van der Waals surface area contributed by atoms with E-state index in [-0.39, 0.29) is 0 Å². The highest BCUT2D eigenvalue weighted by atomic mass is 14.9. The normalized spacial score (nSPS) is 21.5. The Hall–Kier alpha value is -0.980. The highest BCUT2D eigenvalue weighted by Gasteiger charge is 2.11. The van der Waals surface area contributed by atoms with E-state index in [2.05, 4.69) is 37.4 Å². The molecule has 1 heterocycles. The third kappa shape index (κ3) is 1.85. The molecule has 0 saturated heterocycles. The second-order valence-electron chi connectivity index (χ2n) is 4.19. The first-order valence-corrected chi connectivity index (χ1v) is 5.09. The van der Waals surface area contributed by atoms with Gasteiger partial charge in [0.25, 0.3) is 0 Å². The van der Waals surface area contributed by atoms with Crippen LogP contribution in [-0.4, -0.2) is 6.54 Å². The number of anilines is 1. The van der Waals surface area contributed by atoms with E-state index in [1.165, 1.54) is 29.7 Å². The van der Waals surface area contributed by atoms with Crippen molar-refractivity contribution in [3.05, 3.63) is 29.3 Å². The van der Waals surface area contributed by atoms with Gasteiger partial charge in [-0.25, -0.2) is 0 Å². The predicted molar refractivity (Wildman–Crippen MR) is 57.2 cm³/mol. The van der Waals surface area contributed by atoms with Crippen molar-refractivity contribution in [2.24, 2.45) is 5.92 Å². The number of aryl methyl sites for hydroxylation is 1. The Morgan fingerprint density at radius 3 is 3.08 bits per heavy atom. The molecule has 0 bridgehead atoms. The van der Waals surface area contributed by atoms with Crippen LogP contribution >= 0.6 is 0 Å². The topological polar surface area (TPSA) is 12.0 Å². The molecule has 1 aliphatic heterocycles. The first-order chi connectivity index (χ1) is 6.25. The lowest BCUT2D eigenvalue weighted by atomic mass is 9.98. The van der Waals surface area contributed by atoms with Crippen molar-refractivity contribution in [1.29, 1.82) is 0 Å². The van der Waals surface area contributed by atoms with E-state index in [1.54, 1.807) is 0 Å². The summed E-state index contributed by atoms with van der Waals surface area (Å²) in [6.45, 7) is 5.60. The number of benzene rings is 1. The zero-order valence-electron chi connectivity index (χ0n) is 8.43. The largest absolute Gasteiger partial charge is 0.385 e. The molecule has 1 aromatic carbocycles. The first kappa shape index (κ1) is 8.61. The van der Waals surface area contributed by atoms with Crippen LogP contribution in [0.1, 0.15) is 24.5 Å². The Balaban J connectivity index is 2.34. The molecule has 2 rings (SSSR count). The lowest BCUT2D eigenvalue weighted by Crippen LogP contribution is -2.02. The standard InChI is InChI=1S/C12H17N/c1-9-3-4-11-7-10(2)5-6-13-12(11)8-9/h3-4,8,10,13H,5-7H2,1-2H3. The molecule has 0 aliphatic carbocycles. The zero-order valence-corrected chi connectivity index (χ0v) is 8.43. The molecule has 1 aromatic rings. The summed E-state index contributed by atoms with van der Waals surface area (Å²) in [5, 5.41) is 3.50. The highest BCUT2D eigenvalue weighted by Crippen LogP contribution is 2.25. The molecular formula is C12H17N. The second kappa shape index (κ2) is 3.41. The van der Waals surface area contributed by atoms with Gasteiger partial charge in [-0.1, -0.05) is 19.1 Å². The summed E-state index contributed by atoms with van der Waals surface area (Å²) in [4.78, 5) is 0. The lowest BCUT2D eigenvalue weighted by molar-refractivity contribution is 0.558. The van der Waals surface area contributed by atoms with Gasteiger partial charge in [0.1, 0.15) is 0 Å². The molecule has 1 aliphatic rings. The van der Waals surface area contributed by atoms with Crippen molar-refractivity contribution in [3.8, 4) is 0 Å². The molecule has 1 N–H and O–H groups in total. The molecule has 1 heteroatoms. The van der Waals surface area contributed by atoms with Crippen LogP contribution in [-0.2, 0) is 6.42 Å². The maximum Gasteiger partial charge on any atom is 0.0375 e. The minimum absolute atomic E-state index is 0.816. The summed E-state index contributed by atoms with van der Waals surface area (Å²) in [6.07, 6.45) is 2.51. The van der Waals surface area contributed by atoms with Crippen LogP contribution < -0.4 is 5.32 Å². The molecule has 0 amide bonds. The first-order valence-electron chi connectivity index (χ1n) is 5.09. The second-order valence-corrected chi connectivity index (χ2v) is 4.19. The minimum atomic E-state index is 0.816. The Morgan fingerprint density at radius 2 is 2.23 bits per heavy atom. The Bertz CT molecular complexity index is 304. The van der Waals surface area contributed by atoms with Crippen LogP contribution in [0.25, 0.3) is 0 Å². The van der Waals surface area contributed by atoms with Crippen molar-refractivity contribution in [2.45, 2.75) is 26.7 Å². The minimum Gasteiger partial charge on any atom is -0.385 e. The Kier molecular flexibility index (Phi) is 2.26. The number of nitrogens with one attached hydrogen (secondary N) is 1. The predicted octanol–water partition coefficient (Wildman–Crippen LogP) is 2.99. The van der Waals surface area contributed by atoms with Gasteiger partial charge in [-0.2, -0.15) is 0 Å². The summed E-state index contributed by atoms with van der Waals surface area (Å²) in [7, 11) is 0. The van der Waals surface area contributed by atoms with E-state index in [9.17, 15) is 0 Å². The number of rotatable bonds is 0. The molecule has 1 nitrogen and oxygen atoms in total. The van der Waals surface area contributed by atoms with E-state index in [0.717, 1.165) is 12.5 Å². The molecule has 0 fully saturated rings. The van der Waals surface area contributed by atoms with Gasteiger partial charge in [-0.3, -0.25) is 0 Å². The molecular weight excluding hydrogens is 158 g/mol. The summed E-state index contributed by atoms with van der Waals surface area (Å²) in [5.74, 6) is 0.816. The SMILES string of the molecule is Cc1ccc2c(c1)NCCC(C)C2. The molecule has 1 unspecified atom stereocenters. The van der Waals surface area contributed by atoms with Crippen LogP contribution in [0, 0.1) is 12.8 Å². The summed E-state index contributed by atoms with van der Waals surface area (Å²) in [5.41, 5.74) is 4.18. The van der Waals surface area contributed by atoms with Crippen molar-refractivity contribution >= 4 is 5.69 Å². The molecule has 1 atom stereocenters. The van der Waals surface area contributed by atoms with Crippen LogP contribution in [0.15, 0.2) is 18.2 Å². The van der Waals surface area contributed by atoms with E-state index in [1.807, 2.05) is 0 Å². The maximum absolute atomic E-state index is 3.50. The van der Waals surface area contributed by atoms with Crippen LogP contribution in [0.2, 0.25) is 0 Å². The molecule has 70 valence electrons. The van der Waals surface area contributed by atoms with Gasteiger partial charge in [0, 0.05) is 12.2 Å². The van der Waals surface area contributed by atoms with Gasteiger partial charge in [0.15, 0.2) is 0 Å². The molecule has 13 heavy (non-hydrogen) atoms. The molecule has 0 saturated carbocycles. The third-order valence-corrected chi connectivity index (χ3v) is 2.79. The monoisotopic (exact) mass is 175 g/mol. The number of fused-ring (bicyclic) bond motifs is 1. The highest BCUT2D eigenvalue weighted by molar-refractivity contribution is 5.53. The average Bonchev–Trinajstić information content (AvgIpc) is 2.25. The fourth-order valence-electron chi connectivity index (χ4n) is 1.96. The molecule has 0 spiro atoms. The van der Waals surface area contributed by atoms with Crippen molar-refractivity contribution in [3.63, 3.8) is 0 Å². The van der Waals surface area contributed by atoms with Gasteiger partial charge in [-0.05, 0) is 42.9 Å². The Labute approximate surface area is 80.2 Å². The number of hydrogen-bond donors (Lipinski definition) is 1. The van der Waals surface area contributed by atoms with E-state index in [4.69, 9.17) is 0 Å². The van der Waals surface area contributed by atoms with Gasteiger partial charge in [-0.15, -0.1) is 0 Å². The van der Waals surface area contributed by atoms with E-state index < -0.39 is 0 Å². The van der Waals surface area contributed by atoms with E-state index in [0.29, 0.717) is 0 Å². The maximum atomic E-state index is 3.50. The molecule has 0 aromatic heterocycles. The summed E-state index contributed by atoms with van der Waals surface area (Å²) >= 11 is 0. The fraction of sp³-hybridized carbons (Fsp3) is 0.500. The fourth-order valence-corrected chi connectivity index (χ4v) is 1.96. The zero-order chi connectivity index (χ0) is 9.26. The Morgan fingerprint density at radius 1 is 1.38 bits per heavy atom. The van der Waals surface area contributed by atoms with Crippen molar-refractivity contribution in [1.82, 2.24) is 0 Å². The smallest absolute Gasteiger partial charge is 0.0375 e. The van der Waals surface area contributed by atoms with Gasteiger partial charge >= 0.3 is 0 Å². The quantitative estimate of drug-likeness (QED) is 0.639. The summed E-state index contributed by atoms with van der Waals surface area (Å²) in [6, 6.07) is 6.73. The average molecular weight is 175 g/mol. The van der Waals surface area contributed by atoms with Crippen molar-refractivity contribution in [2.75, 3.05) is 11.9 Å². The van der Waals surface area contributed by atoms with Crippen LogP contribution in [0.3, 0.4) is 0 Å². The summed E-state index contributed by atoms with van der Waals surface area (Å²) < 4.78 is 0. The molecule has 0 radical (unpaired) electrons.